The lowest BCUT2D eigenvalue weighted by atomic mass is 9.93. The van der Waals surface area contributed by atoms with E-state index in [2.05, 4.69) is 36.5 Å². The van der Waals surface area contributed by atoms with Gasteiger partial charge >= 0.3 is 0 Å². The van der Waals surface area contributed by atoms with Crippen molar-refractivity contribution in [2.45, 2.75) is 38.8 Å². The lowest BCUT2D eigenvalue weighted by Gasteiger charge is -2.29. The van der Waals surface area contributed by atoms with Gasteiger partial charge in [0.15, 0.2) is 0 Å². The number of hydrogen-bond donors (Lipinski definition) is 1. The molecule has 106 valence electrons. The Labute approximate surface area is 116 Å². The fraction of sp³-hybridized carbons (Fsp3) is 0.625. The highest BCUT2D eigenvalue weighted by molar-refractivity contribution is 5.31. The summed E-state index contributed by atoms with van der Waals surface area (Å²) in [6.45, 7) is 7.49. The molecule has 2 unspecified atom stereocenters. The van der Waals surface area contributed by atoms with Gasteiger partial charge in [-0.1, -0.05) is 31.2 Å². The monoisotopic (exact) mass is 263 g/mol. The van der Waals surface area contributed by atoms with Gasteiger partial charge in [-0.3, -0.25) is 0 Å². The number of rotatable bonds is 7. The number of hydrogen-bond acceptors (Lipinski definition) is 3. The van der Waals surface area contributed by atoms with E-state index in [0.29, 0.717) is 6.04 Å². The number of nitrogens with one attached hydrogen (secondary N) is 1. The van der Waals surface area contributed by atoms with Gasteiger partial charge in [0.05, 0.1) is 19.3 Å². The average Bonchev–Trinajstić information content (AvgIpc) is 2.45. The topological polar surface area (TPSA) is 30.5 Å². The van der Waals surface area contributed by atoms with E-state index >= 15 is 0 Å². The van der Waals surface area contributed by atoms with E-state index in [1.165, 1.54) is 11.1 Å². The van der Waals surface area contributed by atoms with Crippen molar-refractivity contribution in [2.75, 3.05) is 26.4 Å². The largest absolute Gasteiger partial charge is 0.380 e. The van der Waals surface area contributed by atoms with Crippen molar-refractivity contribution in [3.05, 3.63) is 35.4 Å². The summed E-state index contributed by atoms with van der Waals surface area (Å²) >= 11 is 0. The van der Waals surface area contributed by atoms with E-state index in [4.69, 9.17) is 9.47 Å². The maximum Gasteiger partial charge on any atom is 0.0843 e. The summed E-state index contributed by atoms with van der Waals surface area (Å²) in [4.78, 5) is 0. The van der Waals surface area contributed by atoms with E-state index in [9.17, 15) is 0 Å². The van der Waals surface area contributed by atoms with Gasteiger partial charge in [0.1, 0.15) is 0 Å². The van der Waals surface area contributed by atoms with Crippen LogP contribution < -0.4 is 5.32 Å². The Kier molecular flexibility index (Phi) is 5.83. The lowest BCUT2D eigenvalue weighted by Crippen LogP contribution is -2.36. The minimum absolute atomic E-state index is 0.203. The third-order valence-corrected chi connectivity index (χ3v) is 3.61. The van der Waals surface area contributed by atoms with Crippen molar-refractivity contribution in [3.8, 4) is 0 Å². The Morgan fingerprint density at radius 2 is 2.21 bits per heavy atom. The first-order valence-electron chi connectivity index (χ1n) is 7.35. The van der Waals surface area contributed by atoms with Crippen molar-refractivity contribution in [2.24, 2.45) is 0 Å². The summed E-state index contributed by atoms with van der Waals surface area (Å²) in [6, 6.07) is 8.99. The van der Waals surface area contributed by atoms with Gasteiger partial charge < -0.3 is 14.8 Å². The van der Waals surface area contributed by atoms with Crippen LogP contribution in [-0.2, 0) is 15.9 Å². The Bertz CT molecular complexity index is 381. The molecule has 0 bridgehead atoms. The van der Waals surface area contributed by atoms with Crippen LogP contribution in [0.25, 0.3) is 0 Å². The van der Waals surface area contributed by atoms with Crippen molar-refractivity contribution in [1.29, 1.82) is 0 Å². The first-order chi connectivity index (χ1) is 9.35. The van der Waals surface area contributed by atoms with Gasteiger partial charge in [0.25, 0.3) is 0 Å². The van der Waals surface area contributed by atoms with E-state index in [1.807, 2.05) is 6.92 Å². The molecule has 1 aliphatic heterocycles. The molecule has 0 fully saturated rings. The predicted molar refractivity (Wildman–Crippen MR) is 77.4 cm³/mol. The fourth-order valence-electron chi connectivity index (χ4n) is 2.69. The Hall–Kier alpha value is -0.900. The molecule has 2 rings (SSSR count). The van der Waals surface area contributed by atoms with Gasteiger partial charge in [0.2, 0.25) is 0 Å². The molecule has 2 atom stereocenters. The third kappa shape index (κ3) is 4.03. The summed E-state index contributed by atoms with van der Waals surface area (Å²) in [5.74, 6) is 0. The molecule has 0 radical (unpaired) electrons. The zero-order valence-corrected chi connectivity index (χ0v) is 12.0. The number of likely N-dealkylation sites (N-methyl/N-ethyl adjacent to an activating group) is 1. The standard InChI is InChI=1S/C16H25NO2/c1-3-17-14(12-18-4-2)11-16-15-8-6-5-7-13(15)9-10-19-16/h5-8,14,16-17H,3-4,9-12H2,1-2H3. The molecular weight excluding hydrogens is 238 g/mol. The average molecular weight is 263 g/mol. The molecule has 0 aliphatic carbocycles. The summed E-state index contributed by atoms with van der Waals surface area (Å²) in [7, 11) is 0. The number of ether oxygens (including phenoxy) is 2. The van der Waals surface area contributed by atoms with Gasteiger partial charge in [-0.15, -0.1) is 0 Å². The number of benzene rings is 1. The SMILES string of the molecule is CCNC(COCC)CC1OCCc2ccccc21. The van der Waals surface area contributed by atoms with Crippen LogP contribution >= 0.6 is 0 Å². The first-order valence-corrected chi connectivity index (χ1v) is 7.35. The fourth-order valence-corrected chi connectivity index (χ4v) is 2.69. The molecular formula is C16H25NO2. The van der Waals surface area contributed by atoms with Gasteiger partial charge in [-0.05, 0) is 37.4 Å². The molecule has 0 spiro atoms. The molecule has 3 nitrogen and oxygen atoms in total. The maximum absolute atomic E-state index is 5.97. The smallest absolute Gasteiger partial charge is 0.0843 e. The van der Waals surface area contributed by atoms with E-state index in [1.54, 1.807) is 0 Å². The first kappa shape index (κ1) is 14.5. The van der Waals surface area contributed by atoms with Gasteiger partial charge in [-0.25, -0.2) is 0 Å². The van der Waals surface area contributed by atoms with Crippen LogP contribution in [0.2, 0.25) is 0 Å². The lowest BCUT2D eigenvalue weighted by molar-refractivity contribution is 0.0183. The van der Waals surface area contributed by atoms with Crippen LogP contribution in [0.1, 0.15) is 37.5 Å². The molecule has 0 amide bonds. The Balaban J connectivity index is 2.01. The van der Waals surface area contributed by atoms with Crippen LogP contribution in [0.5, 0.6) is 0 Å². The Morgan fingerprint density at radius 1 is 1.37 bits per heavy atom. The molecule has 0 saturated carbocycles. The van der Waals surface area contributed by atoms with Gasteiger partial charge in [-0.2, -0.15) is 0 Å². The van der Waals surface area contributed by atoms with Crippen LogP contribution in [0, 0.1) is 0 Å². The highest BCUT2D eigenvalue weighted by Crippen LogP contribution is 2.30. The van der Waals surface area contributed by atoms with E-state index in [0.717, 1.165) is 39.2 Å². The second-order valence-electron chi connectivity index (χ2n) is 4.96. The molecule has 1 N–H and O–H groups in total. The second-order valence-corrected chi connectivity index (χ2v) is 4.96. The van der Waals surface area contributed by atoms with Crippen LogP contribution in [0.3, 0.4) is 0 Å². The molecule has 0 saturated heterocycles. The molecule has 1 aromatic carbocycles. The zero-order chi connectivity index (χ0) is 13.5. The zero-order valence-electron chi connectivity index (χ0n) is 12.0. The predicted octanol–water partition coefficient (Wildman–Crippen LogP) is 2.71. The molecule has 19 heavy (non-hydrogen) atoms. The second kappa shape index (κ2) is 7.63. The molecule has 1 aromatic rings. The maximum atomic E-state index is 5.97. The third-order valence-electron chi connectivity index (χ3n) is 3.61. The van der Waals surface area contributed by atoms with Crippen molar-refractivity contribution >= 4 is 0 Å². The summed E-state index contributed by atoms with van der Waals surface area (Å²) in [5, 5.41) is 3.49. The molecule has 3 heteroatoms. The van der Waals surface area contributed by atoms with Crippen LogP contribution in [0.4, 0.5) is 0 Å². The summed E-state index contributed by atoms with van der Waals surface area (Å²) < 4.78 is 11.5. The van der Waals surface area contributed by atoms with E-state index in [-0.39, 0.29) is 6.10 Å². The van der Waals surface area contributed by atoms with Crippen LogP contribution in [-0.4, -0.2) is 32.4 Å². The highest BCUT2D eigenvalue weighted by Gasteiger charge is 2.23. The van der Waals surface area contributed by atoms with Crippen molar-refractivity contribution in [3.63, 3.8) is 0 Å². The molecule has 1 aliphatic rings. The molecule has 1 heterocycles. The normalized spacial score (nSPS) is 20.0. The van der Waals surface area contributed by atoms with Crippen molar-refractivity contribution < 1.29 is 9.47 Å². The minimum atomic E-state index is 0.203. The minimum Gasteiger partial charge on any atom is -0.380 e. The summed E-state index contributed by atoms with van der Waals surface area (Å²) in [6.07, 6.45) is 2.21. The quantitative estimate of drug-likeness (QED) is 0.820. The molecule has 0 aromatic heterocycles. The Morgan fingerprint density at radius 3 is 3.00 bits per heavy atom. The van der Waals surface area contributed by atoms with Crippen LogP contribution in [0.15, 0.2) is 24.3 Å². The summed E-state index contributed by atoms with van der Waals surface area (Å²) in [5.41, 5.74) is 2.79. The van der Waals surface area contributed by atoms with Crippen molar-refractivity contribution in [1.82, 2.24) is 5.32 Å². The number of fused-ring (bicyclic) bond motifs is 1. The highest BCUT2D eigenvalue weighted by atomic mass is 16.5. The van der Waals surface area contributed by atoms with Gasteiger partial charge in [0, 0.05) is 12.6 Å². The van der Waals surface area contributed by atoms with E-state index < -0.39 is 0 Å².